The number of esters is 1. The summed E-state index contributed by atoms with van der Waals surface area (Å²) in [6.45, 7) is 1.28. The monoisotopic (exact) mass is 289 g/mol. The van der Waals surface area contributed by atoms with Gasteiger partial charge >= 0.3 is 5.97 Å². The third kappa shape index (κ3) is 3.03. The van der Waals surface area contributed by atoms with Gasteiger partial charge in [0.25, 0.3) is 0 Å². The quantitative estimate of drug-likeness (QED) is 0.546. The minimum absolute atomic E-state index is 0.318. The van der Waals surface area contributed by atoms with Crippen LogP contribution in [0.2, 0.25) is 0 Å². The molecule has 1 saturated carbocycles. The number of hydrogen-bond acceptors (Lipinski definition) is 6. The second-order valence-corrected chi connectivity index (χ2v) is 5.53. The Balaban J connectivity index is 2.32. The summed E-state index contributed by atoms with van der Waals surface area (Å²) in [6, 6.07) is 3.83. The summed E-state index contributed by atoms with van der Waals surface area (Å²) in [7, 11) is 0. The van der Waals surface area contributed by atoms with Crippen molar-refractivity contribution in [2.75, 3.05) is 0 Å². The van der Waals surface area contributed by atoms with Crippen LogP contribution in [0, 0.1) is 46.3 Å². The molecule has 1 aliphatic carbocycles. The number of nitriles is 2. The van der Waals surface area contributed by atoms with Crippen LogP contribution < -0.4 is 5.32 Å². The summed E-state index contributed by atoms with van der Waals surface area (Å²) < 4.78 is 5.18. The smallest absolute Gasteiger partial charge is 0.302 e. The second-order valence-electron chi connectivity index (χ2n) is 5.53. The molecule has 2 amide bonds. The van der Waals surface area contributed by atoms with E-state index >= 15 is 0 Å². The molecule has 2 bridgehead atoms. The standard InChI is InChI=1S/C14H15N3O4/c1-7(18)21-10-3-8-2-9(4-10)12(6-16)14(20)17-13(19)11(8)5-15/h8-12H,2-4H2,1H3,(H,17,19,20)/t8-,9-,10?,11-,12+/m0/s1. The molecule has 21 heavy (non-hydrogen) atoms. The highest BCUT2D eigenvalue weighted by Gasteiger charge is 2.45. The molecule has 0 aromatic rings. The average molecular weight is 289 g/mol. The minimum Gasteiger partial charge on any atom is -0.463 e. The number of carbonyl (C=O) groups excluding carboxylic acids is 3. The van der Waals surface area contributed by atoms with Crippen molar-refractivity contribution < 1.29 is 19.1 Å². The molecule has 2 fully saturated rings. The highest BCUT2D eigenvalue weighted by Crippen LogP contribution is 2.40. The number of amides is 2. The molecule has 1 aliphatic heterocycles. The molecule has 2 rings (SSSR count). The Morgan fingerprint density at radius 3 is 1.95 bits per heavy atom. The maximum atomic E-state index is 11.9. The first kappa shape index (κ1) is 15.0. The Labute approximate surface area is 121 Å². The van der Waals surface area contributed by atoms with Crippen LogP contribution in [0.1, 0.15) is 26.2 Å². The number of nitrogens with zero attached hydrogens (tertiary/aromatic N) is 2. The van der Waals surface area contributed by atoms with Gasteiger partial charge in [-0.3, -0.25) is 19.7 Å². The number of hydrogen-bond donors (Lipinski definition) is 1. The van der Waals surface area contributed by atoms with E-state index in [4.69, 9.17) is 4.74 Å². The van der Waals surface area contributed by atoms with Gasteiger partial charge < -0.3 is 4.74 Å². The Hall–Kier alpha value is -2.41. The van der Waals surface area contributed by atoms with Gasteiger partial charge in [0.1, 0.15) is 17.9 Å². The van der Waals surface area contributed by atoms with Gasteiger partial charge in [0.15, 0.2) is 0 Å². The summed E-state index contributed by atoms with van der Waals surface area (Å²) in [5, 5.41) is 20.5. The molecule has 0 spiro atoms. The number of imide groups is 1. The van der Waals surface area contributed by atoms with Crippen LogP contribution in [0.25, 0.3) is 0 Å². The predicted octanol–water partition coefficient (Wildman–Crippen LogP) is 0.270. The first-order chi connectivity index (χ1) is 9.96. The summed E-state index contributed by atoms with van der Waals surface area (Å²) in [4.78, 5) is 35.0. The largest absolute Gasteiger partial charge is 0.463 e. The molecule has 1 N–H and O–H groups in total. The molecule has 110 valence electrons. The van der Waals surface area contributed by atoms with Gasteiger partial charge in [-0.25, -0.2) is 0 Å². The van der Waals surface area contributed by atoms with Crippen molar-refractivity contribution in [3.63, 3.8) is 0 Å². The lowest BCUT2D eigenvalue weighted by Gasteiger charge is -2.38. The molecule has 7 heteroatoms. The lowest BCUT2D eigenvalue weighted by Crippen LogP contribution is -2.49. The first-order valence-corrected chi connectivity index (χ1v) is 6.77. The second kappa shape index (κ2) is 5.92. The summed E-state index contributed by atoms with van der Waals surface area (Å²) in [5.74, 6) is -4.35. The highest BCUT2D eigenvalue weighted by atomic mass is 16.5. The van der Waals surface area contributed by atoms with Crippen LogP contribution in [0.4, 0.5) is 0 Å². The molecule has 0 aromatic heterocycles. The van der Waals surface area contributed by atoms with Crippen molar-refractivity contribution in [3.8, 4) is 12.1 Å². The van der Waals surface area contributed by atoms with Crippen molar-refractivity contribution in [1.82, 2.24) is 5.32 Å². The fourth-order valence-corrected chi connectivity index (χ4v) is 3.26. The fourth-order valence-electron chi connectivity index (χ4n) is 3.26. The SMILES string of the molecule is CC(=O)OC1C[C@@H]2C[C@@H](C1)[C@@H](C#N)C(=O)NC(=O)[C@H]2C#N. The van der Waals surface area contributed by atoms with Crippen LogP contribution in [-0.4, -0.2) is 23.9 Å². The lowest BCUT2D eigenvalue weighted by atomic mass is 9.68. The van der Waals surface area contributed by atoms with Crippen LogP contribution in [0.15, 0.2) is 0 Å². The Bertz CT molecular complexity index is 520. The topological polar surface area (TPSA) is 120 Å². The molecule has 0 radical (unpaired) electrons. The van der Waals surface area contributed by atoms with Crippen LogP contribution >= 0.6 is 0 Å². The zero-order valence-electron chi connectivity index (χ0n) is 11.5. The molecular formula is C14H15N3O4. The molecular weight excluding hydrogens is 274 g/mol. The number of ether oxygens (including phenoxy) is 1. The third-order valence-electron chi connectivity index (χ3n) is 4.10. The van der Waals surface area contributed by atoms with Gasteiger partial charge in [-0.15, -0.1) is 0 Å². The van der Waals surface area contributed by atoms with E-state index in [1.165, 1.54) is 6.92 Å². The predicted molar refractivity (Wildman–Crippen MR) is 67.7 cm³/mol. The maximum Gasteiger partial charge on any atom is 0.302 e. The minimum atomic E-state index is -0.963. The third-order valence-corrected chi connectivity index (χ3v) is 4.10. The van der Waals surface area contributed by atoms with Crippen LogP contribution in [0.5, 0.6) is 0 Å². The number of carbonyl (C=O) groups is 3. The first-order valence-electron chi connectivity index (χ1n) is 6.77. The normalized spacial score (nSPS) is 35.5. The van der Waals surface area contributed by atoms with Crippen LogP contribution in [0.3, 0.4) is 0 Å². The van der Waals surface area contributed by atoms with Crippen molar-refractivity contribution in [2.24, 2.45) is 23.7 Å². The van der Waals surface area contributed by atoms with E-state index in [1.807, 2.05) is 12.1 Å². The van der Waals surface area contributed by atoms with Gasteiger partial charge in [-0.1, -0.05) is 0 Å². The summed E-state index contributed by atoms with van der Waals surface area (Å²) in [5.41, 5.74) is 0. The molecule has 2 aliphatic rings. The highest BCUT2D eigenvalue weighted by molar-refractivity contribution is 5.99. The zero-order valence-corrected chi connectivity index (χ0v) is 11.5. The van der Waals surface area contributed by atoms with E-state index in [2.05, 4.69) is 5.32 Å². The molecule has 1 unspecified atom stereocenters. The summed E-state index contributed by atoms with van der Waals surface area (Å²) in [6.07, 6.45) is 0.770. The van der Waals surface area contributed by atoms with Crippen molar-refractivity contribution >= 4 is 17.8 Å². The average Bonchev–Trinajstić information content (AvgIpc) is 2.38. The van der Waals surface area contributed by atoms with Gasteiger partial charge in [0.05, 0.1) is 12.1 Å². The van der Waals surface area contributed by atoms with E-state index in [0.29, 0.717) is 19.3 Å². The van der Waals surface area contributed by atoms with Gasteiger partial charge in [0.2, 0.25) is 11.8 Å². The maximum absolute atomic E-state index is 11.9. The molecule has 1 saturated heterocycles. The molecule has 5 atom stereocenters. The fraction of sp³-hybridized carbons (Fsp3) is 0.643. The molecule has 0 aromatic carbocycles. The Kier molecular flexibility index (Phi) is 4.23. The van der Waals surface area contributed by atoms with Gasteiger partial charge in [-0.2, -0.15) is 10.5 Å². The van der Waals surface area contributed by atoms with Crippen LogP contribution in [-0.2, 0) is 19.1 Å². The Morgan fingerprint density at radius 1 is 1.10 bits per heavy atom. The number of fused-ring (bicyclic) bond motifs is 2. The molecule has 1 heterocycles. The van der Waals surface area contributed by atoms with Crippen molar-refractivity contribution in [1.29, 1.82) is 10.5 Å². The zero-order chi connectivity index (χ0) is 15.6. The number of rotatable bonds is 1. The van der Waals surface area contributed by atoms with Gasteiger partial charge in [-0.05, 0) is 31.1 Å². The summed E-state index contributed by atoms with van der Waals surface area (Å²) >= 11 is 0. The van der Waals surface area contributed by atoms with E-state index in [-0.39, 0.29) is 11.8 Å². The van der Waals surface area contributed by atoms with E-state index < -0.39 is 35.7 Å². The van der Waals surface area contributed by atoms with E-state index in [0.717, 1.165) is 0 Å². The van der Waals surface area contributed by atoms with Crippen molar-refractivity contribution in [2.45, 2.75) is 32.3 Å². The van der Waals surface area contributed by atoms with Gasteiger partial charge in [0, 0.05) is 6.92 Å². The lowest BCUT2D eigenvalue weighted by molar-refractivity contribution is -0.151. The number of nitrogens with one attached hydrogen (secondary N) is 1. The van der Waals surface area contributed by atoms with E-state index in [9.17, 15) is 24.9 Å². The molecule has 7 nitrogen and oxygen atoms in total. The van der Waals surface area contributed by atoms with Crippen molar-refractivity contribution in [3.05, 3.63) is 0 Å². The van der Waals surface area contributed by atoms with E-state index in [1.54, 1.807) is 0 Å². The Morgan fingerprint density at radius 2 is 1.57 bits per heavy atom.